The Morgan fingerprint density at radius 1 is 1.15 bits per heavy atom. The zero-order valence-electron chi connectivity index (χ0n) is 19.2. The van der Waals surface area contributed by atoms with Crippen LogP contribution in [-0.4, -0.2) is 61.8 Å². The highest BCUT2D eigenvalue weighted by Crippen LogP contribution is 2.35. The molecule has 0 bridgehead atoms. The first-order valence-corrected chi connectivity index (χ1v) is 12.2. The summed E-state index contributed by atoms with van der Waals surface area (Å²) in [4.78, 5) is 16.6. The summed E-state index contributed by atoms with van der Waals surface area (Å²) in [5, 5.41) is 15.7. The summed E-state index contributed by atoms with van der Waals surface area (Å²) in [5.74, 6) is 0.518. The van der Waals surface area contributed by atoms with E-state index >= 15 is 0 Å². The van der Waals surface area contributed by atoms with E-state index in [0.717, 1.165) is 17.7 Å². The average Bonchev–Trinajstić information content (AvgIpc) is 3.09. The van der Waals surface area contributed by atoms with Crippen molar-refractivity contribution in [1.29, 1.82) is 0 Å². The first-order chi connectivity index (χ1) is 15.6. The van der Waals surface area contributed by atoms with E-state index in [0.29, 0.717) is 0 Å². The van der Waals surface area contributed by atoms with Gasteiger partial charge in [0.1, 0.15) is 35.1 Å². The van der Waals surface area contributed by atoms with Crippen LogP contribution in [0.25, 0.3) is 11.0 Å². The van der Waals surface area contributed by atoms with E-state index in [1.165, 1.54) is 31.5 Å². The second-order valence-corrected chi connectivity index (χ2v) is 11.2. The molecule has 3 heterocycles. The molecule has 0 saturated carbocycles. The summed E-state index contributed by atoms with van der Waals surface area (Å²) in [5.41, 5.74) is 0.339. The number of sulfone groups is 1. The van der Waals surface area contributed by atoms with Gasteiger partial charge in [0, 0.05) is 25.1 Å². The van der Waals surface area contributed by atoms with Crippen molar-refractivity contribution in [3.63, 3.8) is 0 Å². The minimum absolute atomic E-state index is 0.0656. The zero-order valence-corrected chi connectivity index (χ0v) is 20.0. The predicted octanol–water partition coefficient (Wildman–Crippen LogP) is 3.38. The number of hydrogen-bond donors (Lipinski definition) is 3. The molecule has 2 unspecified atom stereocenters. The molecule has 0 amide bonds. The van der Waals surface area contributed by atoms with Gasteiger partial charge in [-0.3, -0.25) is 0 Å². The van der Waals surface area contributed by atoms with Gasteiger partial charge in [-0.1, -0.05) is 0 Å². The van der Waals surface area contributed by atoms with Crippen molar-refractivity contribution in [2.75, 3.05) is 23.4 Å². The van der Waals surface area contributed by atoms with Crippen LogP contribution in [0.1, 0.15) is 45.7 Å². The van der Waals surface area contributed by atoms with Gasteiger partial charge >= 0.3 is 6.18 Å². The molecule has 34 heavy (non-hydrogen) atoms. The number of fused-ring (bicyclic) bond motifs is 1. The number of aliphatic hydroxyl groups excluding tert-OH is 1. The molecule has 186 valence electrons. The molecule has 3 aromatic rings. The molecule has 2 atom stereocenters. The summed E-state index contributed by atoms with van der Waals surface area (Å²) in [7, 11) is -3.33. The van der Waals surface area contributed by atoms with Crippen molar-refractivity contribution in [3.05, 3.63) is 30.4 Å². The van der Waals surface area contributed by atoms with Gasteiger partial charge in [-0.15, -0.1) is 0 Å². The number of rotatable bonds is 8. The van der Waals surface area contributed by atoms with Crippen molar-refractivity contribution in [2.45, 2.75) is 50.8 Å². The third-order valence-electron chi connectivity index (χ3n) is 5.43. The van der Waals surface area contributed by atoms with Gasteiger partial charge in [-0.05, 0) is 33.8 Å². The Balaban J connectivity index is 1.91. The van der Waals surface area contributed by atoms with Crippen molar-refractivity contribution in [3.8, 4) is 0 Å². The largest absolute Gasteiger partial charge is 0.408 e. The van der Waals surface area contributed by atoms with Crippen LogP contribution in [0, 0.1) is 0 Å². The minimum Gasteiger partial charge on any atom is -0.385 e. The van der Waals surface area contributed by atoms with Gasteiger partial charge in [0.25, 0.3) is 0 Å². The lowest BCUT2D eigenvalue weighted by Crippen LogP contribution is -2.38. The normalized spacial score (nSPS) is 14.7. The maximum Gasteiger partial charge on any atom is 0.408 e. The van der Waals surface area contributed by atoms with Gasteiger partial charge in [0.05, 0.1) is 16.5 Å². The molecular weight excluding hydrogens is 475 g/mol. The molecule has 0 fully saturated rings. The van der Waals surface area contributed by atoms with E-state index in [1.807, 2.05) is 0 Å². The highest BCUT2D eigenvalue weighted by molar-refractivity contribution is 7.92. The maximum absolute atomic E-state index is 13.5. The minimum atomic E-state index is -4.55. The molecule has 14 heteroatoms. The van der Waals surface area contributed by atoms with Gasteiger partial charge < -0.3 is 20.3 Å². The molecule has 0 aliphatic rings. The van der Waals surface area contributed by atoms with Crippen molar-refractivity contribution < 1.29 is 26.7 Å². The van der Waals surface area contributed by atoms with Gasteiger partial charge in [-0.25, -0.2) is 23.4 Å². The Hall–Kier alpha value is -3.00. The van der Waals surface area contributed by atoms with Crippen LogP contribution in [0.3, 0.4) is 0 Å². The summed E-state index contributed by atoms with van der Waals surface area (Å²) in [6.45, 7) is 5.54. The Morgan fingerprint density at radius 2 is 1.82 bits per heavy atom. The lowest BCUT2D eigenvalue weighted by molar-refractivity contribution is -0.163. The number of alkyl halides is 3. The highest BCUT2D eigenvalue weighted by atomic mass is 32.2. The summed E-state index contributed by atoms with van der Waals surface area (Å²) in [6.07, 6.45) is -1.90. The standard InChI is InChI=1S/C20H26F3N7O3S/c1-11(31)17-27-13-9-25-16(8-14(13)30(17)12(2)20(21,22)23)28-15-6-7-24-18(29-15)26-10-19(3,4)34(5,32)33/h6-9,11-12,31H,10H2,1-5H3,(H2,24,25,26,28,29). The molecule has 0 aliphatic carbocycles. The molecule has 0 spiro atoms. The van der Waals surface area contributed by atoms with E-state index in [-0.39, 0.29) is 41.0 Å². The van der Waals surface area contributed by atoms with Crippen molar-refractivity contribution in [2.24, 2.45) is 0 Å². The predicted molar refractivity (Wildman–Crippen MR) is 122 cm³/mol. The topological polar surface area (TPSA) is 135 Å². The second kappa shape index (κ2) is 8.98. The van der Waals surface area contributed by atoms with Gasteiger partial charge in [0.2, 0.25) is 5.95 Å². The van der Waals surface area contributed by atoms with E-state index < -0.39 is 32.9 Å². The molecule has 3 rings (SSSR count). The third kappa shape index (κ3) is 5.38. The monoisotopic (exact) mass is 501 g/mol. The number of aliphatic hydroxyl groups is 1. The molecule has 10 nitrogen and oxygen atoms in total. The quantitative estimate of drug-likeness (QED) is 0.424. The number of nitrogens with zero attached hydrogens (tertiary/aromatic N) is 5. The Morgan fingerprint density at radius 3 is 2.41 bits per heavy atom. The number of nitrogens with one attached hydrogen (secondary N) is 2. The number of hydrogen-bond acceptors (Lipinski definition) is 9. The van der Waals surface area contributed by atoms with E-state index in [4.69, 9.17) is 0 Å². The number of pyridine rings is 1. The molecular formula is C20H26F3N7O3S. The average molecular weight is 502 g/mol. The number of halogens is 3. The summed E-state index contributed by atoms with van der Waals surface area (Å²) < 4.78 is 64.1. The number of aromatic nitrogens is 5. The zero-order chi connectivity index (χ0) is 25.5. The maximum atomic E-state index is 13.5. The number of imidazole rings is 1. The third-order valence-corrected chi connectivity index (χ3v) is 7.58. The first kappa shape index (κ1) is 25.6. The van der Waals surface area contributed by atoms with Crippen LogP contribution in [-0.2, 0) is 9.84 Å². The molecule has 0 aliphatic heterocycles. The fourth-order valence-electron chi connectivity index (χ4n) is 3.00. The van der Waals surface area contributed by atoms with Gasteiger partial charge in [-0.2, -0.15) is 18.2 Å². The second-order valence-electron chi connectivity index (χ2n) is 8.57. The molecule has 0 saturated heterocycles. The van der Waals surface area contributed by atoms with Crippen molar-refractivity contribution in [1.82, 2.24) is 24.5 Å². The van der Waals surface area contributed by atoms with E-state index in [1.54, 1.807) is 13.8 Å². The fraction of sp³-hybridized carbons (Fsp3) is 0.500. The Bertz CT molecular complexity index is 1290. The summed E-state index contributed by atoms with van der Waals surface area (Å²) >= 11 is 0. The lowest BCUT2D eigenvalue weighted by atomic mass is 10.2. The fourth-order valence-corrected chi connectivity index (χ4v) is 3.34. The van der Waals surface area contributed by atoms with Crippen LogP contribution < -0.4 is 10.6 Å². The first-order valence-electron chi connectivity index (χ1n) is 10.3. The Labute approximate surface area is 194 Å². The molecule has 3 N–H and O–H groups in total. The van der Waals surface area contributed by atoms with E-state index in [2.05, 4.69) is 30.6 Å². The number of anilines is 3. The lowest BCUT2D eigenvalue weighted by Gasteiger charge is -2.22. The van der Waals surface area contributed by atoms with Crippen LogP contribution in [0.4, 0.5) is 30.8 Å². The van der Waals surface area contributed by atoms with E-state index in [9.17, 15) is 26.7 Å². The highest BCUT2D eigenvalue weighted by Gasteiger charge is 2.40. The van der Waals surface area contributed by atoms with Crippen LogP contribution in [0.5, 0.6) is 0 Å². The molecule has 0 radical (unpaired) electrons. The SMILES string of the molecule is CC(O)c1nc2cnc(Nc3ccnc(NCC(C)(C)S(C)(=O)=O)n3)cc2n1C(C)C(F)(F)F. The smallest absolute Gasteiger partial charge is 0.385 e. The van der Waals surface area contributed by atoms with Crippen LogP contribution >= 0.6 is 0 Å². The molecule has 0 aromatic carbocycles. The molecule has 3 aromatic heterocycles. The van der Waals surface area contributed by atoms with Crippen molar-refractivity contribution >= 4 is 38.5 Å². The Kier molecular flexibility index (Phi) is 6.77. The van der Waals surface area contributed by atoms with Crippen LogP contribution in [0.2, 0.25) is 0 Å². The van der Waals surface area contributed by atoms with Gasteiger partial charge in [0.15, 0.2) is 9.84 Å². The van der Waals surface area contributed by atoms with Crippen LogP contribution in [0.15, 0.2) is 24.5 Å². The summed E-state index contributed by atoms with van der Waals surface area (Å²) in [6, 6.07) is 0.985.